The molecule has 0 bridgehead atoms. The molecule has 0 spiro atoms. The van der Waals surface area contributed by atoms with Crippen molar-refractivity contribution in [2.24, 2.45) is 0 Å². The van der Waals surface area contributed by atoms with Crippen molar-refractivity contribution in [1.82, 2.24) is 39.4 Å². The molecule has 3 N–H and O–H groups in total. The number of nitriles is 1. The van der Waals surface area contributed by atoms with Crippen molar-refractivity contribution < 1.29 is 4.74 Å². The number of hydrogen-bond acceptors (Lipinski definition) is 11. The van der Waals surface area contributed by atoms with Gasteiger partial charge in [-0.3, -0.25) is 9.47 Å². The lowest BCUT2D eigenvalue weighted by Crippen LogP contribution is -2.38. The Hall–Kier alpha value is -5.93. The summed E-state index contributed by atoms with van der Waals surface area (Å²) in [6, 6.07) is 24.2. The minimum atomic E-state index is 0.178. The molecule has 0 unspecified atom stereocenters. The molecule has 1 aromatic carbocycles. The number of nitrogens with two attached hydrogens (primary N) is 1. The summed E-state index contributed by atoms with van der Waals surface area (Å²) in [4.78, 5) is 29.5. The third-order valence-corrected chi connectivity index (χ3v) is 8.37. The minimum Gasteiger partial charge on any atom is -0.478 e. The van der Waals surface area contributed by atoms with Gasteiger partial charge in [-0.15, -0.1) is 0 Å². The number of benzene rings is 1. The van der Waals surface area contributed by atoms with Gasteiger partial charge < -0.3 is 15.8 Å². The number of aromatic nitrogens is 7. The first kappa shape index (κ1) is 30.7. The van der Waals surface area contributed by atoms with E-state index in [2.05, 4.69) is 61.3 Å². The average Bonchev–Trinajstić information content (AvgIpc) is 3.51. The first-order chi connectivity index (χ1) is 23.6. The zero-order valence-electron chi connectivity index (χ0n) is 26.6. The Kier molecular flexibility index (Phi) is 8.84. The van der Waals surface area contributed by atoms with Gasteiger partial charge in [-0.25, -0.2) is 29.9 Å². The van der Waals surface area contributed by atoms with Gasteiger partial charge in [0.25, 0.3) is 0 Å². The summed E-state index contributed by atoms with van der Waals surface area (Å²) in [5, 5.41) is 12.5. The van der Waals surface area contributed by atoms with E-state index in [0.717, 1.165) is 66.9 Å². The lowest BCUT2D eigenvalue weighted by Gasteiger charge is -2.32. The first-order valence-electron chi connectivity index (χ1n) is 16.1. The van der Waals surface area contributed by atoms with Crippen molar-refractivity contribution in [1.29, 1.82) is 5.26 Å². The minimum absolute atomic E-state index is 0.178. The van der Waals surface area contributed by atoms with Crippen LogP contribution in [0.25, 0.3) is 39.5 Å². The number of nitrogens with one attached hydrogen (secondary N) is 1. The molecule has 7 rings (SSSR count). The summed E-state index contributed by atoms with van der Waals surface area (Å²) in [6.07, 6.45) is 7.97. The van der Waals surface area contributed by atoms with Crippen molar-refractivity contribution >= 4 is 22.8 Å². The lowest BCUT2D eigenvalue weighted by molar-refractivity contribution is 0.211. The molecule has 12 nitrogen and oxygen atoms in total. The number of anilines is 2. The van der Waals surface area contributed by atoms with E-state index in [-0.39, 0.29) is 5.82 Å². The Balaban J connectivity index is 1.12. The molecule has 0 saturated carbocycles. The molecule has 0 amide bonds. The lowest BCUT2D eigenvalue weighted by atomic mass is 10.0. The monoisotopic (exact) mass is 637 g/mol. The third-order valence-electron chi connectivity index (χ3n) is 8.37. The molecule has 1 aliphatic heterocycles. The maximum Gasteiger partial charge on any atom is 0.234 e. The second-order valence-electron chi connectivity index (χ2n) is 11.7. The Morgan fingerprint density at radius 3 is 2.54 bits per heavy atom. The number of hydrogen-bond donors (Lipinski definition) is 2. The van der Waals surface area contributed by atoms with Crippen LogP contribution in [-0.4, -0.2) is 65.1 Å². The zero-order valence-corrected chi connectivity index (χ0v) is 26.6. The third kappa shape index (κ3) is 6.63. The van der Waals surface area contributed by atoms with E-state index in [0.29, 0.717) is 41.6 Å². The van der Waals surface area contributed by atoms with Crippen molar-refractivity contribution in [2.75, 3.05) is 30.7 Å². The smallest absolute Gasteiger partial charge is 0.234 e. The van der Waals surface area contributed by atoms with Crippen LogP contribution in [0.4, 0.5) is 11.6 Å². The molecule has 6 aromatic rings. The van der Waals surface area contributed by atoms with Gasteiger partial charge in [0, 0.05) is 61.6 Å². The summed E-state index contributed by atoms with van der Waals surface area (Å²) >= 11 is 0. The van der Waals surface area contributed by atoms with Gasteiger partial charge in [0.1, 0.15) is 23.2 Å². The molecule has 48 heavy (non-hydrogen) atoms. The molecule has 1 saturated heterocycles. The Bertz CT molecular complexity index is 2060. The van der Waals surface area contributed by atoms with E-state index in [1.54, 1.807) is 24.7 Å². The van der Waals surface area contributed by atoms with Crippen molar-refractivity contribution in [3.05, 3.63) is 96.7 Å². The van der Waals surface area contributed by atoms with E-state index in [1.807, 2.05) is 47.0 Å². The van der Waals surface area contributed by atoms with Crippen LogP contribution in [0.15, 0.2) is 85.3 Å². The summed E-state index contributed by atoms with van der Waals surface area (Å²) < 4.78 is 7.71. The SMILES string of the molecule is CCCOc1ccc(-c2ccc3nc(-c4cccnc4N)n(-c4ccc(CN5CCC(Nc6ccnc(C#N)n6)CC5)cc4)c3n2)cn1. The molecular weight excluding hydrogens is 602 g/mol. The van der Waals surface area contributed by atoms with Crippen LogP contribution in [0.2, 0.25) is 0 Å². The van der Waals surface area contributed by atoms with Gasteiger partial charge in [0.05, 0.1) is 17.9 Å². The van der Waals surface area contributed by atoms with Gasteiger partial charge in [-0.05, 0) is 73.4 Å². The highest BCUT2D eigenvalue weighted by molar-refractivity contribution is 5.84. The van der Waals surface area contributed by atoms with Crippen LogP contribution in [0.1, 0.15) is 37.6 Å². The summed E-state index contributed by atoms with van der Waals surface area (Å²) in [6.45, 7) is 5.46. The van der Waals surface area contributed by atoms with E-state index < -0.39 is 0 Å². The highest BCUT2D eigenvalue weighted by Gasteiger charge is 2.21. The fraction of sp³-hybridized carbons (Fsp3) is 0.250. The molecule has 1 aliphatic rings. The molecular formula is C36H35N11O. The van der Waals surface area contributed by atoms with Gasteiger partial charge in [0.15, 0.2) is 11.5 Å². The molecule has 0 atom stereocenters. The zero-order chi connectivity index (χ0) is 32.9. The van der Waals surface area contributed by atoms with E-state index in [1.165, 1.54) is 5.56 Å². The number of pyridine rings is 3. The highest BCUT2D eigenvalue weighted by atomic mass is 16.5. The second kappa shape index (κ2) is 13.8. The van der Waals surface area contributed by atoms with Crippen molar-refractivity contribution in [2.45, 2.75) is 38.8 Å². The van der Waals surface area contributed by atoms with Crippen LogP contribution >= 0.6 is 0 Å². The van der Waals surface area contributed by atoms with Gasteiger partial charge >= 0.3 is 0 Å². The second-order valence-corrected chi connectivity index (χ2v) is 11.7. The Morgan fingerprint density at radius 2 is 1.79 bits per heavy atom. The molecule has 1 fully saturated rings. The molecule has 12 heteroatoms. The van der Waals surface area contributed by atoms with Gasteiger partial charge in [0.2, 0.25) is 11.7 Å². The molecule has 0 radical (unpaired) electrons. The number of likely N-dealkylation sites (tertiary alicyclic amines) is 1. The van der Waals surface area contributed by atoms with Crippen LogP contribution in [0.5, 0.6) is 5.88 Å². The standard InChI is InChI=1S/C36H35N11O/c1-2-20-48-33-12-7-25(22-41-33)29-10-11-30-36(43-29)47(35(44-30)28-4-3-16-40-34(28)38)27-8-5-24(6-9-27)23-46-18-14-26(15-19-46)42-31-13-17-39-32(21-37)45-31/h3-13,16-17,22,26H,2,14-15,18-20,23H2,1H3,(H2,38,40)(H,39,42,45). The quantitative estimate of drug-likeness (QED) is 0.191. The predicted molar refractivity (Wildman–Crippen MR) is 184 cm³/mol. The molecule has 6 heterocycles. The maximum absolute atomic E-state index is 9.09. The highest BCUT2D eigenvalue weighted by Crippen LogP contribution is 2.32. The molecule has 0 aliphatic carbocycles. The number of piperidine rings is 1. The van der Waals surface area contributed by atoms with E-state index >= 15 is 0 Å². The van der Waals surface area contributed by atoms with Gasteiger partial charge in [-0.2, -0.15) is 5.26 Å². The summed E-state index contributed by atoms with van der Waals surface area (Å²) in [7, 11) is 0. The summed E-state index contributed by atoms with van der Waals surface area (Å²) in [5.41, 5.74) is 12.4. The van der Waals surface area contributed by atoms with Crippen LogP contribution in [-0.2, 0) is 6.54 Å². The number of nitrogens with zero attached hydrogens (tertiary/aromatic N) is 9. The van der Waals surface area contributed by atoms with E-state index in [9.17, 15) is 0 Å². The molecule has 5 aromatic heterocycles. The fourth-order valence-corrected chi connectivity index (χ4v) is 5.92. The predicted octanol–water partition coefficient (Wildman–Crippen LogP) is 5.65. The Morgan fingerprint density at radius 1 is 0.938 bits per heavy atom. The number of fused-ring (bicyclic) bond motifs is 1. The average molecular weight is 638 g/mol. The summed E-state index contributed by atoms with van der Waals surface area (Å²) in [5.74, 6) is 2.55. The first-order valence-corrected chi connectivity index (χ1v) is 16.1. The molecule has 240 valence electrons. The van der Waals surface area contributed by atoms with Crippen molar-refractivity contribution in [3.8, 4) is 40.3 Å². The normalized spacial score (nSPS) is 13.8. The van der Waals surface area contributed by atoms with Crippen LogP contribution < -0.4 is 15.8 Å². The van der Waals surface area contributed by atoms with Crippen LogP contribution in [0.3, 0.4) is 0 Å². The number of imidazole rings is 1. The Labute approximate surface area is 278 Å². The fourth-order valence-electron chi connectivity index (χ4n) is 5.92. The maximum atomic E-state index is 9.09. The van der Waals surface area contributed by atoms with Crippen molar-refractivity contribution in [3.63, 3.8) is 0 Å². The van der Waals surface area contributed by atoms with Crippen LogP contribution in [0, 0.1) is 11.3 Å². The number of ether oxygens (including phenoxy) is 1. The number of rotatable bonds is 10. The number of nitrogen functional groups attached to an aromatic ring is 1. The largest absolute Gasteiger partial charge is 0.478 e. The van der Waals surface area contributed by atoms with Gasteiger partial charge in [-0.1, -0.05) is 19.1 Å². The van der Waals surface area contributed by atoms with E-state index in [4.69, 9.17) is 25.7 Å². The topological polar surface area (TPSA) is 157 Å².